The van der Waals surface area contributed by atoms with E-state index in [1.165, 1.54) is 18.3 Å². The van der Waals surface area contributed by atoms with Gasteiger partial charge in [0.05, 0.1) is 10.2 Å². The summed E-state index contributed by atoms with van der Waals surface area (Å²) in [4.78, 5) is 31.9. The van der Waals surface area contributed by atoms with Gasteiger partial charge < -0.3 is 15.2 Å². The maximum atomic E-state index is 12.1. The molecule has 0 aliphatic rings. The topological polar surface area (TPSA) is 110 Å². The minimum Gasteiger partial charge on any atom is -0.339 e. The zero-order valence-electron chi connectivity index (χ0n) is 14.5. The fraction of sp³-hybridized carbons (Fsp3) is 0.353. The Morgan fingerprint density at radius 1 is 1.19 bits per heavy atom. The van der Waals surface area contributed by atoms with E-state index >= 15 is 0 Å². The first-order valence-corrected chi connectivity index (χ1v) is 9.14. The van der Waals surface area contributed by atoms with Crippen LogP contribution in [0.2, 0.25) is 0 Å². The molecule has 0 aliphatic carbocycles. The van der Waals surface area contributed by atoms with Crippen LogP contribution in [0.4, 0.5) is 10.8 Å². The van der Waals surface area contributed by atoms with Crippen LogP contribution >= 0.6 is 11.3 Å². The minimum atomic E-state index is -0.165. The highest BCUT2D eigenvalue weighted by Crippen LogP contribution is 2.28. The van der Waals surface area contributed by atoms with Gasteiger partial charge in [-0.1, -0.05) is 23.4 Å². The Morgan fingerprint density at radius 3 is 2.81 bits per heavy atom. The number of benzene rings is 1. The Balaban J connectivity index is 1.58. The molecule has 1 aromatic carbocycles. The molecule has 0 bridgehead atoms. The minimum absolute atomic E-state index is 0.134. The average Bonchev–Trinajstić information content (AvgIpc) is 3.18. The van der Waals surface area contributed by atoms with Crippen molar-refractivity contribution in [2.24, 2.45) is 0 Å². The van der Waals surface area contributed by atoms with Crippen LogP contribution in [0.1, 0.15) is 38.4 Å². The third-order valence-corrected chi connectivity index (χ3v) is 4.44. The predicted molar refractivity (Wildman–Crippen MR) is 99.2 cm³/mol. The average molecular weight is 373 g/mol. The van der Waals surface area contributed by atoms with Crippen LogP contribution in [0.25, 0.3) is 10.2 Å². The lowest BCUT2D eigenvalue weighted by molar-refractivity contribution is -0.116. The lowest BCUT2D eigenvalue weighted by Crippen LogP contribution is -2.12. The quantitative estimate of drug-likeness (QED) is 0.658. The molecule has 0 saturated carbocycles. The summed E-state index contributed by atoms with van der Waals surface area (Å²) in [6.45, 7) is 3.50. The van der Waals surface area contributed by atoms with Crippen molar-refractivity contribution < 1.29 is 14.1 Å². The fourth-order valence-electron chi connectivity index (χ4n) is 2.38. The van der Waals surface area contributed by atoms with Gasteiger partial charge in [-0.05, 0) is 24.6 Å². The Kier molecular flexibility index (Phi) is 5.57. The molecule has 2 amide bonds. The lowest BCUT2D eigenvalue weighted by atomic mass is 10.3. The lowest BCUT2D eigenvalue weighted by Gasteiger charge is -1.99. The van der Waals surface area contributed by atoms with Crippen LogP contribution in [0.15, 0.2) is 22.7 Å². The Labute approximate surface area is 154 Å². The van der Waals surface area contributed by atoms with Crippen LogP contribution in [0, 0.1) is 0 Å². The molecular weight excluding hydrogens is 354 g/mol. The van der Waals surface area contributed by atoms with Crippen LogP contribution in [-0.4, -0.2) is 26.9 Å². The number of carbonyl (C=O) groups is 2. The number of carbonyl (C=O) groups excluding carboxylic acids is 2. The molecule has 0 fully saturated rings. The number of thiazole rings is 1. The summed E-state index contributed by atoms with van der Waals surface area (Å²) in [6, 6.07) is 5.41. The molecule has 8 nitrogen and oxygen atoms in total. The Hall–Kier alpha value is -2.81. The third-order valence-electron chi connectivity index (χ3n) is 3.50. The first kappa shape index (κ1) is 18.0. The number of fused-ring (bicyclic) bond motifs is 1. The molecule has 3 aromatic rings. The molecule has 0 spiro atoms. The van der Waals surface area contributed by atoms with E-state index in [0.717, 1.165) is 23.1 Å². The van der Waals surface area contributed by atoms with E-state index < -0.39 is 0 Å². The van der Waals surface area contributed by atoms with E-state index in [9.17, 15) is 9.59 Å². The van der Waals surface area contributed by atoms with Crippen molar-refractivity contribution in [2.45, 2.75) is 39.5 Å². The molecule has 0 aliphatic heterocycles. The number of hydrogen-bond acceptors (Lipinski definition) is 7. The maximum Gasteiger partial charge on any atom is 0.227 e. The largest absolute Gasteiger partial charge is 0.339 e. The highest BCUT2D eigenvalue weighted by atomic mass is 32.1. The maximum absolute atomic E-state index is 12.1. The first-order valence-electron chi connectivity index (χ1n) is 8.33. The second-order valence-electron chi connectivity index (χ2n) is 5.79. The van der Waals surface area contributed by atoms with E-state index in [1.54, 1.807) is 12.1 Å². The summed E-state index contributed by atoms with van der Waals surface area (Å²) in [7, 11) is 0. The van der Waals surface area contributed by atoms with Crippen LogP contribution < -0.4 is 10.6 Å². The predicted octanol–water partition coefficient (Wildman–Crippen LogP) is 3.16. The van der Waals surface area contributed by atoms with Gasteiger partial charge in [0.25, 0.3) is 0 Å². The molecule has 0 atom stereocenters. The van der Waals surface area contributed by atoms with Crippen molar-refractivity contribution in [2.75, 3.05) is 10.6 Å². The molecule has 0 saturated heterocycles. The van der Waals surface area contributed by atoms with Crippen molar-refractivity contribution in [3.05, 3.63) is 29.9 Å². The Bertz CT molecular complexity index is 934. The van der Waals surface area contributed by atoms with Crippen molar-refractivity contribution in [3.63, 3.8) is 0 Å². The molecule has 2 aromatic heterocycles. The smallest absolute Gasteiger partial charge is 0.227 e. The highest BCUT2D eigenvalue weighted by molar-refractivity contribution is 7.22. The van der Waals surface area contributed by atoms with Crippen LogP contribution in [0.3, 0.4) is 0 Å². The number of amides is 2. The van der Waals surface area contributed by atoms with Gasteiger partial charge in [-0.15, -0.1) is 0 Å². The van der Waals surface area contributed by atoms with Gasteiger partial charge in [0, 0.05) is 31.9 Å². The summed E-state index contributed by atoms with van der Waals surface area (Å²) in [6.07, 6.45) is 2.34. The number of hydrogen-bond donors (Lipinski definition) is 2. The number of anilines is 2. The summed E-state index contributed by atoms with van der Waals surface area (Å²) >= 11 is 1.35. The van der Waals surface area contributed by atoms with Crippen LogP contribution in [0.5, 0.6) is 0 Å². The summed E-state index contributed by atoms with van der Waals surface area (Å²) < 4.78 is 6.00. The molecule has 0 radical (unpaired) electrons. The second-order valence-corrected chi connectivity index (χ2v) is 6.82. The molecule has 2 heterocycles. The summed E-state index contributed by atoms with van der Waals surface area (Å²) in [5.74, 6) is 0.837. The van der Waals surface area contributed by atoms with Crippen LogP contribution in [-0.2, 0) is 22.4 Å². The van der Waals surface area contributed by atoms with E-state index in [-0.39, 0.29) is 18.2 Å². The molecular formula is C17H19N5O3S. The normalized spacial score (nSPS) is 10.8. The number of nitrogens with zero attached hydrogens (tertiary/aromatic N) is 3. The van der Waals surface area contributed by atoms with Crippen molar-refractivity contribution in [1.29, 1.82) is 0 Å². The SMILES string of the molecule is CCCc1noc(CCC(=O)Nc2nc3ccc(NC(C)=O)cc3s2)n1. The molecule has 136 valence electrons. The molecule has 2 N–H and O–H groups in total. The van der Waals surface area contributed by atoms with Gasteiger partial charge in [-0.25, -0.2) is 4.98 Å². The van der Waals surface area contributed by atoms with E-state index in [0.29, 0.717) is 29.0 Å². The van der Waals surface area contributed by atoms with Crippen molar-refractivity contribution >= 4 is 44.2 Å². The first-order chi connectivity index (χ1) is 12.5. The Morgan fingerprint density at radius 2 is 2.04 bits per heavy atom. The van der Waals surface area contributed by atoms with E-state index in [4.69, 9.17) is 4.52 Å². The van der Waals surface area contributed by atoms with Gasteiger partial charge in [0.1, 0.15) is 0 Å². The number of nitrogens with one attached hydrogen (secondary N) is 2. The van der Waals surface area contributed by atoms with Crippen molar-refractivity contribution in [3.8, 4) is 0 Å². The molecule has 0 unspecified atom stereocenters. The van der Waals surface area contributed by atoms with Gasteiger partial charge >= 0.3 is 0 Å². The van der Waals surface area contributed by atoms with Gasteiger partial charge in [-0.2, -0.15) is 4.98 Å². The van der Waals surface area contributed by atoms with E-state index in [1.807, 2.05) is 13.0 Å². The van der Waals surface area contributed by atoms with Gasteiger partial charge in [-0.3, -0.25) is 9.59 Å². The number of rotatable bonds is 7. The molecule has 26 heavy (non-hydrogen) atoms. The summed E-state index contributed by atoms with van der Waals surface area (Å²) in [5, 5.41) is 9.89. The molecule has 3 rings (SSSR count). The van der Waals surface area contributed by atoms with Gasteiger partial charge in [0.2, 0.25) is 17.7 Å². The number of aryl methyl sites for hydroxylation is 2. The second kappa shape index (κ2) is 8.05. The standard InChI is InChI=1S/C17H19N5O3S/c1-3-4-14-20-16(25-22-14)8-7-15(24)21-17-19-12-6-5-11(18-10(2)23)9-13(12)26-17/h5-6,9H,3-4,7-8H2,1-2H3,(H,18,23)(H,19,21,24). The zero-order valence-corrected chi connectivity index (χ0v) is 15.4. The summed E-state index contributed by atoms with van der Waals surface area (Å²) in [5.41, 5.74) is 1.46. The van der Waals surface area contributed by atoms with Crippen molar-refractivity contribution in [1.82, 2.24) is 15.1 Å². The van der Waals surface area contributed by atoms with E-state index in [2.05, 4.69) is 25.8 Å². The zero-order chi connectivity index (χ0) is 18.5. The van der Waals surface area contributed by atoms with Gasteiger partial charge in [0.15, 0.2) is 11.0 Å². The highest BCUT2D eigenvalue weighted by Gasteiger charge is 2.11. The molecule has 9 heteroatoms. The fourth-order valence-corrected chi connectivity index (χ4v) is 3.30. The number of aromatic nitrogens is 3. The monoisotopic (exact) mass is 373 g/mol. The third kappa shape index (κ3) is 4.63.